The molecule has 15 heteroatoms. The van der Waals surface area contributed by atoms with Gasteiger partial charge in [0.25, 0.3) is 11.8 Å². The van der Waals surface area contributed by atoms with Crippen molar-refractivity contribution in [2.24, 2.45) is 5.16 Å². The maximum atomic E-state index is 13.5. The van der Waals surface area contributed by atoms with Crippen LogP contribution in [-0.4, -0.2) is 78.0 Å². The van der Waals surface area contributed by atoms with Crippen molar-refractivity contribution in [3.05, 3.63) is 47.1 Å². The number of carboxylic acid groups (broad SMARTS) is 1. The fourth-order valence-corrected chi connectivity index (χ4v) is 7.00. The number of fused-ring (bicyclic) bond motifs is 2. The lowest BCUT2D eigenvalue weighted by molar-refractivity contribution is -0.156. The number of thioether (sulfide) groups is 2. The number of aliphatic carboxylic acids is 1. The first kappa shape index (κ1) is 24.1. The van der Waals surface area contributed by atoms with E-state index < -0.39 is 28.7 Å². The van der Waals surface area contributed by atoms with Crippen LogP contribution in [0.15, 0.2) is 51.7 Å². The summed E-state index contributed by atoms with van der Waals surface area (Å²) in [5.41, 5.74) is 5.81. The number of H-pyrrole nitrogens is 1. The maximum Gasteiger partial charge on any atom is 0.352 e. The van der Waals surface area contributed by atoms with Crippen LogP contribution >= 0.6 is 34.9 Å². The number of nitrogens with two attached hydrogens (primary N) is 1. The van der Waals surface area contributed by atoms with Crippen molar-refractivity contribution >= 4 is 74.5 Å². The second kappa shape index (κ2) is 9.48. The molecule has 0 unspecified atom stereocenters. The number of nitrogens with one attached hydrogen (secondary N) is 2. The standard InChI is InChI=1S/C21H19N7O5S3/c1-33-27-14(12-8-35-19(22)23-12)15(29)26-21(9-36-20-24-10-4-2-3-5-11(10)25-20)17(32)28-13(16(30)31)6-7-34-18(21)28/h2-6,8,18H,7,9H2,1H3,(H2,22,23)(H,24,25)(H,26,29)(H,30,31)/t18-,21+/m0/s1. The summed E-state index contributed by atoms with van der Waals surface area (Å²) in [5, 5.41) is 17.9. The number of aromatic amines is 1. The number of oxime groups is 1. The first-order chi connectivity index (χ1) is 17.3. The number of benzene rings is 1. The van der Waals surface area contributed by atoms with E-state index in [1.54, 1.807) is 5.38 Å². The number of carboxylic acids is 1. The van der Waals surface area contributed by atoms with Crippen molar-refractivity contribution in [1.29, 1.82) is 0 Å². The number of aromatic nitrogens is 3. The van der Waals surface area contributed by atoms with Crippen molar-refractivity contribution in [3.63, 3.8) is 0 Å². The average molecular weight is 546 g/mol. The van der Waals surface area contributed by atoms with Gasteiger partial charge in [0.2, 0.25) is 0 Å². The van der Waals surface area contributed by atoms with Gasteiger partial charge in [-0.15, -0.1) is 23.1 Å². The first-order valence-corrected chi connectivity index (χ1v) is 13.4. The molecule has 5 N–H and O–H groups in total. The zero-order valence-electron chi connectivity index (χ0n) is 18.6. The molecule has 2 atom stereocenters. The molecule has 1 saturated heterocycles. The Morgan fingerprint density at radius 3 is 2.92 bits per heavy atom. The molecule has 2 aliphatic heterocycles. The Labute approximate surface area is 216 Å². The third kappa shape index (κ3) is 4.08. The number of nitrogen functional groups attached to an aromatic ring is 1. The van der Waals surface area contributed by atoms with Crippen LogP contribution in [0.3, 0.4) is 0 Å². The Morgan fingerprint density at radius 2 is 2.22 bits per heavy atom. The van der Waals surface area contributed by atoms with Crippen molar-refractivity contribution in [1.82, 2.24) is 25.2 Å². The molecular formula is C21H19N7O5S3. The lowest BCUT2D eigenvalue weighted by Crippen LogP contribution is -2.81. The SMILES string of the molecule is CON=C(C(=O)N[C@]1(CSc2nc3ccccc3[nH]2)C(=O)N2C(C(=O)O)=CCS[C@H]21)c1csc(N)n1. The highest BCUT2D eigenvalue weighted by Crippen LogP contribution is 2.46. The summed E-state index contributed by atoms with van der Waals surface area (Å²) in [7, 11) is 1.29. The van der Waals surface area contributed by atoms with Gasteiger partial charge in [-0.2, -0.15) is 0 Å². The molecule has 2 amide bonds. The van der Waals surface area contributed by atoms with Gasteiger partial charge in [-0.05, 0) is 18.2 Å². The number of imidazole rings is 1. The quantitative estimate of drug-likeness (QED) is 0.140. The number of rotatable bonds is 8. The molecule has 1 fully saturated rings. The van der Waals surface area contributed by atoms with Gasteiger partial charge in [-0.1, -0.05) is 29.1 Å². The fraction of sp³-hybridized carbons (Fsp3) is 0.238. The van der Waals surface area contributed by atoms with Gasteiger partial charge in [0, 0.05) is 16.9 Å². The van der Waals surface area contributed by atoms with Gasteiger partial charge in [-0.3, -0.25) is 14.5 Å². The van der Waals surface area contributed by atoms with E-state index in [9.17, 15) is 19.5 Å². The van der Waals surface area contributed by atoms with E-state index in [-0.39, 0.29) is 28.0 Å². The van der Waals surface area contributed by atoms with Crippen LogP contribution in [0.4, 0.5) is 5.13 Å². The van der Waals surface area contributed by atoms with E-state index in [1.165, 1.54) is 41.6 Å². The minimum atomic E-state index is -1.43. The molecule has 1 aromatic carbocycles. The van der Waals surface area contributed by atoms with Crippen molar-refractivity contribution < 1.29 is 24.3 Å². The van der Waals surface area contributed by atoms with Crippen LogP contribution in [0.5, 0.6) is 0 Å². The number of amides is 2. The molecule has 12 nitrogen and oxygen atoms in total. The smallest absolute Gasteiger partial charge is 0.352 e. The molecule has 0 aliphatic carbocycles. The number of para-hydroxylation sites is 2. The van der Waals surface area contributed by atoms with E-state index in [1.807, 2.05) is 24.3 Å². The molecule has 36 heavy (non-hydrogen) atoms. The Hall–Kier alpha value is -3.56. The number of carbonyl (C=O) groups is 3. The summed E-state index contributed by atoms with van der Waals surface area (Å²) in [6.45, 7) is 0. The number of hydrogen-bond donors (Lipinski definition) is 4. The summed E-state index contributed by atoms with van der Waals surface area (Å²) >= 11 is 3.73. The number of anilines is 1. The Morgan fingerprint density at radius 1 is 1.42 bits per heavy atom. The largest absolute Gasteiger partial charge is 0.477 e. The topological polar surface area (TPSA) is 176 Å². The molecular weight excluding hydrogens is 526 g/mol. The summed E-state index contributed by atoms with van der Waals surface area (Å²) in [6.07, 6.45) is 1.48. The van der Waals surface area contributed by atoms with E-state index >= 15 is 0 Å². The van der Waals surface area contributed by atoms with Gasteiger partial charge in [0.15, 0.2) is 21.5 Å². The number of nitrogens with zero attached hydrogens (tertiary/aromatic N) is 4. The number of carbonyl (C=O) groups excluding carboxylic acids is 2. The zero-order valence-corrected chi connectivity index (χ0v) is 21.1. The average Bonchev–Trinajstić information content (AvgIpc) is 3.49. The highest BCUT2D eigenvalue weighted by molar-refractivity contribution is 8.01. The van der Waals surface area contributed by atoms with Crippen LogP contribution in [0, 0.1) is 0 Å². The monoisotopic (exact) mass is 545 g/mol. The normalized spacial score (nSPS) is 21.5. The second-order valence-corrected chi connectivity index (χ2v) is 10.7. The summed E-state index contributed by atoms with van der Waals surface area (Å²) < 4.78 is 0. The van der Waals surface area contributed by atoms with Crippen LogP contribution in [0.2, 0.25) is 0 Å². The van der Waals surface area contributed by atoms with Gasteiger partial charge in [0.1, 0.15) is 23.9 Å². The van der Waals surface area contributed by atoms with Crippen LogP contribution in [-0.2, 0) is 19.2 Å². The molecule has 2 aromatic heterocycles. The fourth-order valence-electron chi connectivity index (χ4n) is 3.96. The molecule has 0 radical (unpaired) electrons. The molecule has 3 aromatic rings. The third-order valence-corrected chi connectivity index (χ3v) is 8.60. The van der Waals surface area contributed by atoms with Gasteiger partial charge >= 0.3 is 5.97 Å². The third-order valence-electron chi connectivity index (χ3n) is 5.57. The maximum absolute atomic E-state index is 13.5. The van der Waals surface area contributed by atoms with Gasteiger partial charge in [0.05, 0.1) is 11.0 Å². The zero-order chi connectivity index (χ0) is 25.4. The minimum absolute atomic E-state index is 0.0952. The van der Waals surface area contributed by atoms with E-state index in [4.69, 9.17) is 10.6 Å². The first-order valence-electron chi connectivity index (χ1n) is 10.5. The summed E-state index contributed by atoms with van der Waals surface area (Å²) in [6, 6.07) is 7.49. The number of β-lactam (4-membered cyclic amide) rings is 1. The highest BCUT2D eigenvalue weighted by Gasteiger charge is 2.64. The Kier molecular flexibility index (Phi) is 6.36. The molecule has 186 valence electrons. The van der Waals surface area contributed by atoms with Gasteiger partial charge < -0.3 is 26.0 Å². The van der Waals surface area contributed by atoms with Crippen molar-refractivity contribution in [2.45, 2.75) is 16.1 Å². The second-order valence-electron chi connectivity index (χ2n) is 7.72. The minimum Gasteiger partial charge on any atom is -0.477 e. The molecule has 0 bridgehead atoms. The Bertz CT molecular complexity index is 1400. The Balaban J connectivity index is 1.47. The molecule has 2 aliphatic rings. The van der Waals surface area contributed by atoms with Gasteiger partial charge in [-0.25, -0.2) is 14.8 Å². The molecule has 5 rings (SSSR count). The number of thiazole rings is 1. The predicted octanol–water partition coefficient (Wildman–Crippen LogP) is 1.48. The number of hydrogen-bond acceptors (Lipinski definition) is 11. The summed E-state index contributed by atoms with van der Waals surface area (Å²) in [5.74, 6) is -1.99. The lowest BCUT2D eigenvalue weighted by Gasteiger charge is -2.56. The van der Waals surface area contributed by atoms with E-state index in [0.717, 1.165) is 22.4 Å². The van der Waals surface area contributed by atoms with E-state index in [2.05, 4.69) is 25.4 Å². The van der Waals surface area contributed by atoms with Crippen molar-refractivity contribution in [2.75, 3.05) is 24.3 Å². The van der Waals surface area contributed by atoms with Crippen LogP contribution < -0.4 is 11.1 Å². The van der Waals surface area contributed by atoms with E-state index in [0.29, 0.717) is 10.9 Å². The molecule has 0 saturated carbocycles. The molecule has 4 heterocycles. The van der Waals surface area contributed by atoms with Crippen molar-refractivity contribution in [3.8, 4) is 0 Å². The summed E-state index contributed by atoms with van der Waals surface area (Å²) in [4.78, 5) is 56.5. The van der Waals surface area contributed by atoms with Crippen LogP contribution in [0.25, 0.3) is 11.0 Å². The predicted molar refractivity (Wildman–Crippen MR) is 137 cm³/mol. The lowest BCUT2D eigenvalue weighted by atomic mass is 9.88. The highest BCUT2D eigenvalue weighted by atomic mass is 32.2. The van der Waals surface area contributed by atoms with Crippen LogP contribution in [0.1, 0.15) is 5.69 Å². The molecule has 0 spiro atoms.